The van der Waals surface area contributed by atoms with Crippen LogP contribution in [0, 0.1) is 0 Å². The SMILES string of the molecule is CCOCCn1nnc(CC(=O)O)c1CC. The number of carboxylic acid groups (broad SMARTS) is 1. The van der Waals surface area contributed by atoms with Crippen LogP contribution < -0.4 is 0 Å². The van der Waals surface area contributed by atoms with Gasteiger partial charge < -0.3 is 9.84 Å². The summed E-state index contributed by atoms with van der Waals surface area (Å²) in [5.41, 5.74) is 1.42. The summed E-state index contributed by atoms with van der Waals surface area (Å²) in [7, 11) is 0. The molecule has 0 aliphatic rings. The van der Waals surface area contributed by atoms with Crippen molar-refractivity contribution in [2.75, 3.05) is 13.2 Å². The molecule has 1 rings (SSSR count). The zero-order valence-electron chi connectivity index (χ0n) is 9.64. The fourth-order valence-electron chi connectivity index (χ4n) is 1.51. The summed E-state index contributed by atoms with van der Waals surface area (Å²) in [6.07, 6.45) is 0.652. The van der Waals surface area contributed by atoms with Crippen molar-refractivity contribution in [1.82, 2.24) is 15.0 Å². The standard InChI is InChI=1S/C10H17N3O3/c1-3-9-8(7-10(14)15)11-12-13(9)5-6-16-4-2/h3-7H2,1-2H3,(H,14,15). The Labute approximate surface area is 94.2 Å². The van der Waals surface area contributed by atoms with Gasteiger partial charge in [0.1, 0.15) is 0 Å². The molecule has 0 unspecified atom stereocenters. The van der Waals surface area contributed by atoms with Crippen LogP contribution in [-0.2, 0) is 28.9 Å². The summed E-state index contributed by atoms with van der Waals surface area (Å²) in [5, 5.41) is 16.5. The summed E-state index contributed by atoms with van der Waals surface area (Å²) in [4.78, 5) is 10.6. The molecule has 0 fully saturated rings. The number of carboxylic acids is 1. The lowest BCUT2D eigenvalue weighted by atomic mass is 10.2. The Morgan fingerprint density at radius 3 is 2.81 bits per heavy atom. The minimum atomic E-state index is -0.883. The average Bonchev–Trinajstić information content (AvgIpc) is 2.60. The van der Waals surface area contributed by atoms with Gasteiger partial charge in [0.25, 0.3) is 0 Å². The highest BCUT2D eigenvalue weighted by atomic mass is 16.5. The molecule has 1 aromatic rings. The third-order valence-corrected chi connectivity index (χ3v) is 2.22. The molecule has 1 aromatic heterocycles. The molecule has 0 radical (unpaired) electrons. The van der Waals surface area contributed by atoms with E-state index in [0.29, 0.717) is 25.5 Å². The van der Waals surface area contributed by atoms with Crippen molar-refractivity contribution in [3.05, 3.63) is 11.4 Å². The van der Waals surface area contributed by atoms with Crippen LogP contribution in [0.4, 0.5) is 0 Å². The van der Waals surface area contributed by atoms with Gasteiger partial charge in [0.15, 0.2) is 0 Å². The van der Waals surface area contributed by atoms with E-state index in [0.717, 1.165) is 12.1 Å². The fraction of sp³-hybridized carbons (Fsp3) is 0.700. The number of hydrogen-bond acceptors (Lipinski definition) is 4. The normalized spacial score (nSPS) is 10.6. The largest absolute Gasteiger partial charge is 0.481 e. The van der Waals surface area contributed by atoms with Crippen molar-refractivity contribution in [1.29, 1.82) is 0 Å². The van der Waals surface area contributed by atoms with Crippen LogP contribution in [-0.4, -0.2) is 39.3 Å². The van der Waals surface area contributed by atoms with E-state index in [9.17, 15) is 4.79 Å². The van der Waals surface area contributed by atoms with Crippen molar-refractivity contribution in [3.8, 4) is 0 Å². The predicted octanol–water partition coefficient (Wildman–Crippen LogP) is 0.504. The number of ether oxygens (including phenoxy) is 1. The van der Waals surface area contributed by atoms with Crippen molar-refractivity contribution in [2.45, 2.75) is 33.2 Å². The molecule has 0 aromatic carbocycles. The monoisotopic (exact) mass is 227 g/mol. The number of rotatable bonds is 7. The Bertz CT molecular complexity index is 349. The predicted molar refractivity (Wildman–Crippen MR) is 57.2 cm³/mol. The van der Waals surface area contributed by atoms with Crippen LogP contribution in [0.3, 0.4) is 0 Å². The maximum absolute atomic E-state index is 10.6. The molecule has 0 aliphatic heterocycles. The molecule has 0 saturated carbocycles. The zero-order chi connectivity index (χ0) is 12.0. The van der Waals surface area contributed by atoms with Gasteiger partial charge in [-0.2, -0.15) is 0 Å². The maximum Gasteiger partial charge on any atom is 0.309 e. The first-order valence-electron chi connectivity index (χ1n) is 5.39. The van der Waals surface area contributed by atoms with Crippen LogP contribution in [0.1, 0.15) is 25.2 Å². The topological polar surface area (TPSA) is 77.2 Å². The first-order chi connectivity index (χ1) is 7.69. The fourth-order valence-corrected chi connectivity index (χ4v) is 1.51. The van der Waals surface area contributed by atoms with E-state index in [1.165, 1.54) is 0 Å². The van der Waals surface area contributed by atoms with Gasteiger partial charge in [-0.15, -0.1) is 5.10 Å². The van der Waals surface area contributed by atoms with Crippen molar-refractivity contribution in [2.24, 2.45) is 0 Å². The van der Waals surface area contributed by atoms with Gasteiger partial charge in [-0.1, -0.05) is 12.1 Å². The van der Waals surface area contributed by atoms with Gasteiger partial charge in [-0.25, -0.2) is 4.68 Å². The summed E-state index contributed by atoms with van der Waals surface area (Å²) >= 11 is 0. The third-order valence-electron chi connectivity index (χ3n) is 2.22. The first-order valence-corrected chi connectivity index (χ1v) is 5.39. The maximum atomic E-state index is 10.6. The van der Waals surface area contributed by atoms with Crippen LogP contribution in [0.25, 0.3) is 0 Å². The van der Waals surface area contributed by atoms with E-state index in [2.05, 4.69) is 10.3 Å². The highest BCUT2D eigenvalue weighted by Gasteiger charge is 2.13. The van der Waals surface area contributed by atoms with Gasteiger partial charge in [-0.05, 0) is 13.3 Å². The summed E-state index contributed by atoms with van der Waals surface area (Å²) in [5.74, 6) is -0.883. The van der Waals surface area contributed by atoms with Gasteiger partial charge >= 0.3 is 5.97 Å². The van der Waals surface area contributed by atoms with Gasteiger partial charge in [0.2, 0.25) is 0 Å². The molecule has 90 valence electrons. The summed E-state index contributed by atoms with van der Waals surface area (Å²) in [6, 6.07) is 0. The number of aliphatic carboxylic acids is 1. The molecular weight excluding hydrogens is 210 g/mol. The minimum absolute atomic E-state index is 0.0716. The van der Waals surface area contributed by atoms with Gasteiger partial charge in [0.05, 0.1) is 31.0 Å². The molecule has 0 bridgehead atoms. The van der Waals surface area contributed by atoms with E-state index < -0.39 is 5.97 Å². The Balaban J connectivity index is 2.69. The smallest absolute Gasteiger partial charge is 0.309 e. The van der Waals surface area contributed by atoms with Crippen LogP contribution >= 0.6 is 0 Å². The Kier molecular flexibility index (Phi) is 4.91. The molecule has 1 heterocycles. The van der Waals surface area contributed by atoms with Crippen LogP contribution in [0.15, 0.2) is 0 Å². The molecular formula is C10H17N3O3. The molecule has 6 heteroatoms. The quantitative estimate of drug-likeness (QED) is 0.686. The number of aromatic nitrogens is 3. The van der Waals surface area contributed by atoms with Crippen LogP contribution in [0.2, 0.25) is 0 Å². The molecule has 0 atom stereocenters. The summed E-state index contributed by atoms with van der Waals surface area (Å²) in [6.45, 7) is 5.74. The minimum Gasteiger partial charge on any atom is -0.481 e. The number of nitrogens with zero attached hydrogens (tertiary/aromatic N) is 3. The molecule has 0 amide bonds. The Morgan fingerprint density at radius 2 is 2.25 bits per heavy atom. The Morgan fingerprint density at radius 1 is 1.50 bits per heavy atom. The zero-order valence-corrected chi connectivity index (χ0v) is 9.64. The third kappa shape index (κ3) is 3.30. The van der Waals surface area contributed by atoms with E-state index in [4.69, 9.17) is 9.84 Å². The van der Waals surface area contributed by atoms with Gasteiger partial charge in [0, 0.05) is 6.61 Å². The lowest BCUT2D eigenvalue weighted by Crippen LogP contribution is -2.11. The highest BCUT2D eigenvalue weighted by molar-refractivity contribution is 5.69. The lowest BCUT2D eigenvalue weighted by molar-refractivity contribution is -0.136. The Hall–Kier alpha value is -1.43. The van der Waals surface area contributed by atoms with Crippen molar-refractivity contribution >= 4 is 5.97 Å². The molecule has 0 spiro atoms. The van der Waals surface area contributed by atoms with Crippen molar-refractivity contribution in [3.63, 3.8) is 0 Å². The summed E-state index contributed by atoms with van der Waals surface area (Å²) < 4.78 is 6.94. The van der Waals surface area contributed by atoms with E-state index in [-0.39, 0.29) is 6.42 Å². The molecule has 6 nitrogen and oxygen atoms in total. The molecule has 1 N–H and O–H groups in total. The molecule has 0 saturated heterocycles. The van der Waals surface area contributed by atoms with Crippen LogP contribution in [0.5, 0.6) is 0 Å². The second kappa shape index (κ2) is 6.22. The molecule has 0 aliphatic carbocycles. The number of carbonyl (C=O) groups is 1. The lowest BCUT2D eigenvalue weighted by Gasteiger charge is -2.05. The van der Waals surface area contributed by atoms with E-state index in [1.807, 2.05) is 13.8 Å². The van der Waals surface area contributed by atoms with E-state index in [1.54, 1.807) is 4.68 Å². The van der Waals surface area contributed by atoms with Crippen molar-refractivity contribution < 1.29 is 14.6 Å². The van der Waals surface area contributed by atoms with E-state index >= 15 is 0 Å². The molecule has 16 heavy (non-hydrogen) atoms. The first kappa shape index (κ1) is 12.6. The highest BCUT2D eigenvalue weighted by Crippen LogP contribution is 2.07. The second-order valence-corrected chi connectivity index (χ2v) is 3.33. The average molecular weight is 227 g/mol. The number of hydrogen-bond donors (Lipinski definition) is 1. The van der Waals surface area contributed by atoms with Gasteiger partial charge in [-0.3, -0.25) is 4.79 Å². The second-order valence-electron chi connectivity index (χ2n) is 3.33.